The number of rotatable bonds is 5. The fourth-order valence-corrected chi connectivity index (χ4v) is 2.76. The van der Waals surface area contributed by atoms with Crippen molar-refractivity contribution in [3.05, 3.63) is 42.1 Å². The van der Waals surface area contributed by atoms with E-state index in [2.05, 4.69) is 20.7 Å². The summed E-state index contributed by atoms with van der Waals surface area (Å²) in [5.74, 6) is 0.805. The predicted octanol–water partition coefficient (Wildman–Crippen LogP) is 2.29. The average molecular weight is 342 g/mol. The third-order valence-corrected chi connectivity index (χ3v) is 4.07. The first kappa shape index (κ1) is 17.0. The summed E-state index contributed by atoms with van der Waals surface area (Å²) in [6.45, 7) is 2.34. The van der Waals surface area contributed by atoms with Gasteiger partial charge in [0.2, 0.25) is 0 Å². The summed E-state index contributed by atoms with van der Waals surface area (Å²) in [6.07, 6.45) is 3.25. The molecule has 3 aromatic heterocycles. The van der Waals surface area contributed by atoms with Crippen molar-refractivity contribution >= 4 is 22.8 Å². The van der Waals surface area contributed by atoms with Crippen LogP contribution in [0.1, 0.15) is 17.5 Å². The number of aromatic nitrogens is 3. The van der Waals surface area contributed by atoms with Crippen molar-refractivity contribution in [2.45, 2.75) is 13.0 Å². The highest BCUT2D eigenvalue weighted by molar-refractivity contribution is 5.92. The van der Waals surface area contributed by atoms with Crippen LogP contribution in [0, 0.1) is 6.92 Å². The Morgan fingerprint density at radius 1 is 1.44 bits per heavy atom. The third-order valence-electron chi connectivity index (χ3n) is 4.07. The lowest BCUT2D eigenvalue weighted by Gasteiger charge is -2.22. The number of amides is 2. The number of anilines is 1. The van der Waals surface area contributed by atoms with Crippen LogP contribution in [0.3, 0.4) is 0 Å². The third kappa shape index (κ3) is 3.63. The molecule has 0 saturated heterocycles. The second-order valence-corrected chi connectivity index (χ2v) is 6.13. The zero-order valence-corrected chi connectivity index (χ0v) is 14.8. The van der Waals surface area contributed by atoms with Gasteiger partial charge < -0.3 is 15.1 Å². The van der Waals surface area contributed by atoms with E-state index in [9.17, 15) is 4.79 Å². The molecule has 0 spiro atoms. The summed E-state index contributed by atoms with van der Waals surface area (Å²) in [6, 6.07) is 5.28. The van der Waals surface area contributed by atoms with Gasteiger partial charge in [0.25, 0.3) is 0 Å². The number of fused-ring (bicyclic) bond motifs is 1. The van der Waals surface area contributed by atoms with Gasteiger partial charge in [0.05, 0.1) is 29.9 Å². The number of nitrogens with one attached hydrogen (secondary N) is 2. The predicted molar refractivity (Wildman–Crippen MR) is 95.4 cm³/mol. The lowest BCUT2D eigenvalue weighted by molar-refractivity contribution is 0.233. The molecule has 0 unspecified atom stereocenters. The van der Waals surface area contributed by atoms with Crippen LogP contribution < -0.4 is 10.6 Å². The van der Waals surface area contributed by atoms with Gasteiger partial charge in [0, 0.05) is 19.0 Å². The maximum Gasteiger partial charge on any atom is 0.319 e. The first-order valence-electron chi connectivity index (χ1n) is 7.99. The first-order chi connectivity index (χ1) is 12.0. The molecule has 3 rings (SSSR count). The van der Waals surface area contributed by atoms with E-state index in [0.717, 1.165) is 22.5 Å². The van der Waals surface area contributed by atoms with Crippen molar-refractivity contribution in [1.82, 2.24) is 25.0 Å². The quantitative estimate of drug-likeness (QED) is 0.743. The molecule has 8 heteroatoms. The van der Waals surface area contributed by atoms with Crippen LogP contribution in [0.5, 0.6) is 0 Å². The van der Waals surface area contributed by atoms with Crippen LogP contribution in [-0.2, 0) is 7.05 Å². The molecule has 0 aliphatic rings. The number of likely N-dealkylation sites (N-methyl/N-ethyl adjacent to an activating group) is 1. The highest BCUT2D eigenvalue weighted by Gasteiger charge is 2.18. The largest absolute Gasteiger partial charge is 0.468 e. The highest BCUT2D eigenvalue weighted by atomic mass is 16.3. The molecule has 132 valence electrons. The second kappa shape index (κ2) is 6.94. The maximum atomic E-state index is 12.2. The Balaban J connectivity index is 1.65. The SMILES string of the molecule is Cc1nn(C)c2ncc(NC(=O)NC[C@@H](c3ccco3)N(C)C)cc12. The van der Waals surface area contributed by atoms with Crippen LogP contribution in [0.2, 0.25) is 0 Å². The number of hydrogen-bond donors (Lipinski definition) is 2. The topological polar surface area (TPSA) is 88.2 Å². The Morgan fingerprint density at radius 3 is 2.92 bits per heavy atom. The fraction of sp³-hybridized carbons (Fsp3) is 0.353. The van der Waals surface area contributed by atoms with E-state index < -0.39 is 0 Å². The zero-order chi connectivity index (χ0) is 18.0. The van der Waals surface area contributed by atoms with E-state index in [0.29, 0.717) is 12.2 Å². The zero-order valence-electron chi connectivity index (χ0n) is 14.8. The molecule has 25 heavy (non-hydrogen) atoms. The van der Waals surface area contributed by atoms with Gasteiger partial charge in [-0.25, -0.2) is 9.78 Å². The van der Waals surface area contributed by atoms with Crippen LogP contribution in [-0.4, -0.2) is 46.3 Å². The average Bonchev–Trinajstić information content (AvgIpc) is 3.17. The molecule has 1 atom stereocenters. The molecular weight excluding hydrogens is 320 g/mol. The maximum absolute atomic E-state index is 12.2. The van der Waals surface area contributed by atoms with Gasteiger partial charge in [0.1, 0.15) is 5.76 Å². The van der Waals surface area contributed by atoms with E-state index in [4.69, 9.17) is 4.42 Å². The number of urea groups is 1. The molecule has 0 saturated carbocycles. The Hall–Kier alpha value is -2.87. The van der Waals surface area contributed by atoms with Gasteiger partial charge in [-0.05, 0) is 39.2 Å². The van der Waals surface area contributed by atoms with E-state index in [1.54, 1.807) is 17.1 Å². The van der Waals surface area contributed by atoms with Crippen LogP contribution >= 0.6 is 0 Å². The summed E-state index contributed by atoms with van der Waals surface area (Å²) in [5.41, 5.74) is 2.29. The number of hydrogen-bond acceptors (Lipinski definition) is 5. The standard InChI is InChI=1S/C17H22N6O2/c1-11-13-8-12(9-18-16(13)23(4)21-11)20-17(24)19-10-14(22(2)3)15-6-5-7-25-15/h5-9,14H,10H2,1-4H3,(H2,19,20,24)/t14-/m0/s1. The minimum Gasteiger partial charge on any atom is -0.468 e. The Kier molecular flexibility index (Phi) is 4.71. The van der Waals surface area contributed by atoms with Crippen molar-refractivity contribution in [3.8, 4) is 0 Å². The lowest BCUT2D eigenvalue weighted by atomic mass is 10.2. The monoisotopic (exact) mass is 342 g/mol. The summed E-state index contributed by atoms with van der Waals surface area (Å²) in [4.78, 5) is 18.6. The van der Waals surface area contributed by atoms with Crippen molar-refractivity contribution < 1.29 is 9.21 Å². The van der Waals surface area contributed by atoms with Crippen molar-refractivity contribution in [1.29, 1.82) is 0 Å². The summed E-state index contributed by atoms with van der Waals surface area (Å²) < 4.78 is 7.16. The molecule has 0 radical (unpaired) electrons. The summed E-state index contributed by atoms with van der Waals surface area (Å²) in [5, 5.41) is 10.9. The van der Waals surface area contributed by atoms with E-state index in [-0.39, 0.29) is 12.1 Å². The number of aryl methyl sites for hydroxylation is 2. The second-order valence-electron chi connectivity index (χ2n) is 6.13. The normalized spacial score (nSPS) is 12.5. The van der Waals surface area contributed by atoms with Gasteiger partial charge in [-0.3, -0.25) is 9.58 Å². The number of furan rings is 1. The van der Waals surface area contributed by atoms with Gasteiger partial charge in [-0.1, -0.05) is 0 Å². The van der Waals surface area contributed by atoms with E-state index in [1.165, 1.54) is 0 Å². The Labute approximate surface area is 145 Å². The molecule has 0 aromatic carbocycles. The van der Waals surface area contributed by atoms with Crippen LogP contribution in [0.4, 0.5) is 10.5 Å². The molecule has 2 amide bonds. The molecular formula is C17H22N6O2. The molecule has 0 aliphatic carbocycles. The van der Waals surface area contributed by atoms with Crippen molar-refractivity contribution in [2.75, 3.05) is 26.0 Å². The van der Waals surface area contributed by atoms with Crippen molar-refractivity contribution in [2.24, 2.45) is 7.05 Å². The molecule has 3 heterocycles. The van der Waals surface area contributed by atoms with Gasteiger partial charge in [0.15, 0.2) is 5.65 Å². The van der Waals surface area contributed by atoms with Crippen molar-refractivity contribution in [3.63, 3.8) is 0 Å². The highest BCUT2D eigenvalue weighted by Crippen LogP contribution is 2.20. The number of nitrogens with zero attached hydrogens (tertiary/aromatic N) is 4. The molecule has 3 aromatic rings. The molecule has 0 fully saturated rings. The number of pyridine rings is 1. The summed E-state index contributed by atoms with van der Waals surface area (Å²) in [7, 11) is 5.73. The smallest absolute Gasteiger partial charge is 0.319 e. The molecule has 0 aliphatic heterocycles. The van der Waals surface area contributed by atoms with Crippen LogP contribution in [0.25, 0.3) is 11.0 Å². The number of carbonyl (C=O) groups excluding carboxylic acids is 1. The van der Waals surface area contributed by atoms with E-state index >= 15 is 0 Å². The first-order valence-corrected chi connectivity index (χ1v) is 7.99. The molecule has 2 N–H and O–H groups in total. The van der Waals surface area contributed by atoms with E-state index in [1.807, 2.05) is 51.2 Å². The minimum atomic E-state index is -0.291. The summed E-state index contributed by atoms with van der Waals surface area (Å²) >= 11 is 0. The number of carbonyl (C=O) groups is 1. The van der Waals surface area contributed by atoms with Gasteiger partial charge in [-0.15, -0.1) is 0 Å². The minimum absolute atomic E-state index is 0.0399. The Bertz CT molecular complexity index is 869. The Morgan fingerprint density at radius 2 is 2.24 bits per heavy atom. The van der Waals surface area contributed by atoms with Crippen LogP contribution in [0.15, 0.2) is 35.1 Å². The lowest BCUT2D eigenvalue weighted by Crippen LogP contribution is -2.36. The van der Waals surface area contributed by atoms with Gasteiger partial charge >= 0.3 is 6.03 Å². The fourth-order valence-electron chi connectivity index (χ4n) is 2.76. The molecule has 8 nitrogen and oxygen atoms in total. The van der Waals surface area contributed by atoms with Gasteiger partial charge in [-0.2, -0.15) is 5.10 Å². The molecule has 0 bridgehead atoms.